The van der Waals surface area contributed by atoms with Crippen molar-refractivity contribution in [3.05, 3.63) is 24.3 Å². The fourth-order valence-electron chi connectivity index (χ4n) is 3.08. The maximum Gasteiger partial charge on any atom is 0.306 e. The molecule has 2 N–H and O–H groups in total. The largest absolute Gasteiger partial charge is 0.481 e. The predicted molar refractivity (Wildman–Crippen MR) is 75.9 cm³/mol. The van der Waals surface area contributed by atoms with Gasteiger partial charge in [-0.25, -0.2) is 0 Å². The van der Waals surface area contributed by atoms with Crippen molar-refractivity contribution < 1.29 is 19.5 Å². The van der Waals surface area contributed by atoms with E-state index in [0.717, 1.165) is 0 Å². The van der Waals surface area contributed by atoms with Crippen LogP contribution in [0.2, 0.25) is 0 Å². The Hall–Kier alpha value is -2.37. The highest BCUT2D eigenvalue weighted by molar-refractivity contribution is 6.10. The van der Waals surface area contributed by atoms with Gasteiger partial charge in [-0.3, -0.25) is 14.4 Å². The standard InChI is InChI=1S/C15H16N2O4/c18-13-8-17(12-4-2-1-3-11(12)16-13)14(19)9-5-6-10(7-9)15(20)21/h1-4,9-10H,5-8H2,(H,16,18)(H,20,21). The summed E-state index contributed by atoms with van der Waals surface area (Å²) in [5.41, 5.74) is 1.30. The summed E-state index contributed by atoms with van der Waals surface area (Å²) in [4.78, 5) is 36.8. The van der Waals surface area contributed by atoms with Crippen molar-refractivity contribution >= 4 is 29.2 Å². The van der Waals surface area contributed by atoms with Gasteiger partial charge in [0.2, 0.25) is 11.8 Å². The van der Waals surface area contributed by atoms with Crippen molar-refractivity contribution in [3.63, 3.8) is 0 Å². The van der Waals surface area contributed by atoms with Crippen LogP contribution in [0.3, 0.4) is 0 Å². The molecule has 2 unspecified atom stereocenters. The van der Waals surface area contributed by atoms with E-state index >= 15 is 0 Å². The van der Waals surface area contributed by atoms with Crippen molar-refractivity contribution in [2.24, 2.45) is 11.8 Å². The highest BCUT2D eigenvalue weighted by Crippen LogP contribution is 2.36. The summed E-state index contributed by atoms with van der Waals surface area (Å²) in [7, 11) is 0. The van der Waals surface area contributed by atoms with Gasteiger partial charge in [-0.15, -0.1) is 0 Å². The van der Waals surface area contributed by atoms with Gasteiger partial charge in [0, 0.05) is 5.92 Å². The number of hydrogen-bond donors (Lipinski definition) is 2. The zero-order chi connectivity index (χ0) is 15.0. The molecule has 0 saturated heterocycles. The number of fused-ring (bicyclic) bond motifs is 1. The van der Waals surface area contributed by atoms with Crippen LogP contribution in [-0.2, 0) is 14.4 Å². The first-order valence-corrected chi connectivity index (χ1v) is 6.99. The molecule has 6 heteroatoms. The molecule has 1 aliphatic carbocycles. The summed E-state index contributed by atoms with van der Waals surface area (Å²) in [6.45, 7) is -0.00984. The second-order valence-electron chi connectivity index (χ2n) is 5.53. The molecule has 1 aromatic carbocycles. The number of carboxylic acid groups (broad SMARTS) is 1. The zero-order valence-corrected chi connectivity index (χ0v) is 11.4. The minimum absolute atomic E-state index is 0.00984. The van der Waals surface area contributed by atoms with Gasteiger partial charge in [0.05, 0.1) is 17.3 Å². The number of rotatable bonds is 2. The van der Waals surface area contributed by atoms with Crippen molar-refractivity contribution in [1.29, 1.82) is 0 Å². The summed E-state index contributed by atoms with van der Waals surface area (Å²) in [6.07, 6.45) is 1.44. The normalized spacial score (nSPS) is 24.4. The summed E-state index contributed by atoms with van der Waals surface area (Å²) in [5.74, 6) is -1.99. The molecule has 1 aliphatic heterocycles. The van der Waals surface area contributed by atoms with E-state index in [4.69, 9.17) is 5.11 Å². The minimum Gasteiger partial charge on any atom is -0.481 e. The monoisotopic (exact) mass is 288 g/mol. The fourth-order valence-corrected chi connectivity index (χ4v) is 3.08. The number of carboxylic acids is 1. The molecule has 21 heavy (non-hydrogen) atoms. The predicted octanol–water partition coefficient (Wildman–Crippen LogP) is 1.47. The first-order valence-electron chi connectivity index (χ1n) is 6.99. The van der Waals surface area contributed by atoms with E-state index in [1.807, 2.05) is 6.07 Å². The number of para-hydroxylation sites is 2. The van der Waals surface area contributed by atoms with Gasteiger partial charge in [-0.1, -0.05) is 12.1 Å². The Bertz CT molecular complexity index is 613. The quantitative estimate of drug-likeness (QED) is 0.862. The van der Waals surface area contributed by atoms with Gasteiger partial charge in [0.25, 0.3) is 0 Å². The van der Waals surface area contributed by atoms with E-state index in [2.05, 4.69) is 5.32 Å². The Kier molecular flexibility index (Phi) is 3.37. The molecule has 0 radical (unpaired) electrons. The smallest absolute Gasteiger partial charge is 0.306 e. The third-order valence-electron chi connectivity index (χ3n) is 4.17. The molecular weight excluding hydrogens is 272 g/mol. The average molecular weight is 288 g/mol. The van der Waals surface area contributed by atoms with E-state index in [0.29, 0.717) is 30.6 Å². The van der Waals surface area contributed by atoms with Crippen LogP contribution in [0.25, 0.3) is 0 Å². The molecule has 2 atom stereocenters. The Labute approximate surface area is 121 Å². The molecule has 6 nitrogen and oxygen atoms in total. The number of carbonyl (C=O) groups excluding carboxylic acids is 2. The first-order chi connectivity index (χ1) is 10.1. The van der Waals surface area contributed by atoms with E-state index in [1.54, 1.807) is 18.2 Å². The van der Waals surface area contributed by atoms with E-state index in [9.17, 15) is 14.4 Å². The summed E-state index contributed by atoms with van der Waals surface area (Å²) in [6, 6.07) is 7.14. The number of anilines is 2. The van der Waals surface area contributed by atoms with Crippen molar-refractivity contribution in [3.8, 4) is 0 Å². The Morgan fingerprint density at radius 3 is 2.62 bits per heavy atom. The number of benzene rings is 1. The van der Waals surface area contributed by atoms with Crippen LogP contribution in [0.15, 0.2) is 24.3 Å². The second-order valence-corrected chi connectivity index (χ2v) is 5.53. The SMILES string of the molecule is O=C1CN(C(=O)C2CCC(C(=O)O)C2)c2ccccc2N1. The van der Waals surface area contributed by atoms with Crippen LogP contribution < -0.4 is 10.2 Å². The Morgan fingerprint density at radius 1 is 1.19 bits per heavy atom. The van der Waals surface area contributed by atoms with Gasteiger partial charge in [-0.05, 0) is 31.4 Å². The van der Waals surface area contributed by atoms with Crippen molar-refractivity contribution in [2.45, 2.75) is 19.3 Å². The lowest BCUT2D eigenvalue weighted by atomic mass is 10.0. The molecule has 3 rings (SSSR count). The van der Waals surface area contributed by atoms with Crippen LogP contribution >= 0.6 is 0 Å². The number of nitrogens with one attached hydrogen (secondary N) is 1. The third-order valence-corrected chi connectivity index (χ3v) is 4.17. The number of amides is 2. The lowest BCUT2D eigenvalue weighted by Crippen LogP contribution is -2.44. The number of hydrogen-bond acceptors (Lipinski definition) is 3. The van der Waals surface area contributed by atoms with Crippen LogP contribution in [0.4, 0.5) is 11.4 Å². The lowest BCUT2D eigenvalue weighted by molar-refractivity contribution is -0.141. The molecule has 1 heterocycles. The molecule has 1 fully saturated rings. The molecule has 0 aromatic heterocycles. The second kappa shape index (κ2) is 5.20. The van der Waals surface area contributed by atoms with Crippen LogP contribution in [0.5, 0.6) is 0 Å². The fraction of sp³-hybridized carbons (Fsp3) is 0.400. The van der Waals surface area contributed by atoms with Gasteiger partial charge >= 0.3 is 5.97 Å². The maximum absolute atomic E-state index is 12.6. The third kappa shape index (κ3) is 2.49. The molecule has 110 valence electrons. The highest BCUT2D eigenvalue weighted by atomic mass is 16.4. The molecule has 0 spiro atoms. The van der Waals surface area contributed by atoms with Gasteiger partial charge < -0.3 is 15.3 Å². The molecule has 2 amide bonds. The van der Waals surface area contributed by atoms with E-state index in [-0.39, 0.29) is 24.3 Å². The van der Waals surface area contributed by atoms with E-state index in [1.165, 1.54) is 4.90 Å². The number of carbonyl (C=O) groups is 3. The van der Waals surface area contributed by atoms with Gasteiger partial charge in [0.1, 0.15) is 6.54 Å². The number of nitrogens with zero attached hydrogens (tertiary/aromatic N) is 1. The molecular formula is C15H16N2O4. The molecule has 1 saturated carbocycles. The van der Waals surface area contributed by atoms with E-state index < -0.39 is 11.9 Å². The molecule has 0 bridgehead atoms. The average Bonchev–Trinajstić information content (AvgIpc) is 2.95. The zero-order valence-electron chi connectivity index (χ0n) is 11.4. The summed E-state index contributed by atoms with van der Waals surface area (Å²) >= 11 is 0. The molecule has 1 aromatic rings. The van der Waals surface area contributed by atoms with Crippen LogP contribution in [-0.4, -0.2) is 29.4 Å². The van der Waals surface area contributed by atoms with Crippen LogP contribution in [0, 0.1) is 11.8 Å². The van der Waals surface area contributed by atoms with Crippen molar-refractivity contribution in [1.82, 2.24) is 0 Å². The van der Waals surface area contributed by atoms with Gasteiger partial charge in [0.15, 0.2) is 0 Å². The van der Waals surface area contributed by atoms with Gasteiger partial charge in [-0.2, -0.15) is 0 Å². The summed E-state index contributed by atoms with van der Waals surface area (Å²) in [5, 5.41) is 11.8. The maximum atomic E-state index is 12.6. The first kappa shape index (κ1) is 13.6. The van der Waals surface area contributed by atoms with Crippen LogP contribution in [0.1, 0.15) is 19.3 Å². The topological polar surface area (TPSA) is 86.7 Å². The van der Waals surface area contributed by atoms with Crippen molar-refractivity contribution in [2.75, 3.05) is 16.8 Å². The summed E-state index contributed by atoms with van der Waals surface area (Å²) < 4.78 is 0. The Balaban J connectivity index is 1.82. The Morgan fingerprint density at radius 2 is 1.90 bits per heavy atom. The number of aliphatic carboxylic acids is 1. The molecule has 2 aliphatic rings. The lowest BCUT2D eigenvalue weighted by Gasteiger charge is -2.31. The minimum atomic E-state index is -0.845. The highest BCUT2D eigenvalue weighted by Gasteiger charge is 2.38.